The third-order valence-corrected chi connectivity index (χ3v) is 3.94. The number of hydrogen-bond donors (Lipinski definition) is 1. The molecule has 1 unspecified atom stereocenters. The summed E-state index contributed by atoms with van der Waals surface area (Å²) in [7, 11) is 0. The zero-order chi connectivity index (χ0) is 17.1. The van der Waals surface area contributed by atoms with Crippen LogP contribution in [0.5, 0.6) is 5.88 Å². The SMILES string of the molecule is O=C(c1ccc(-c2nn[nH]n2)cn1)N1CCC(Oc2ccccn2)C1. The summed E-state index contributed by atoms with van der Waals surface area (Å²) in [5.74, 6) is 0.896. The lowest BCUT2D eigenvalue weighted by Gasteiger charge is -2.16. The van der Waals surface area contributed by atoms with Gasteiger partial charge in [0.2, 0.25) is 11.7 Å². The zero-order valence-electron chi connectivity index (χ0n) is 13.2. The van der Waals surface area contributed by atoms with Crippen LogP contribution in [-0.2, 0) is 0 Å². The maximum atomic E-state index is 12.6. The van der Waals surface area contributed by atoms with Gasteiger partial charge in [0.15, 0.2) is 0 Å². The van der Waals surface area contributed by atoms with E-state index in [0.29, 0.717) is 36.1 Å². The molecule has 4 heterocycles. The Hall–Kier alpha value is -3.36. The Morgan fingerprint density at radius 1 is 1.24 bits per heavy atom. The molecule has 3 aromatic rings. The van der Waals surface area contributed by atoms with Crippen molar-refractivity contribution in [2.24, 2.45) is 0 Å². The van der Waals surface area contributed by atoms with Gasteiger partial charge in [-0.1, -0.05) is 6.07 Å². The van der Waals surface area contributed by atoms with Gasteiger partial charge in [0.25, 0.3) is 5.91 Å². The summed E-state index contributed by atoms with van der Waals surface area (Å²) in [6, 6.07) is 8.93. The van der Waals surface area contributed by atoms with Crippen molar-refractivity contribution in [2.75, 3.05) is 13.1 Å². The van der Waals surface area contributed by atoms with Crippen molar-refractivity contribution in [1.29, 1.82) is 0 Å². The fraction of sp³-hybridized carbons (Fsp3) is 0.250. The maximum Gasteiger partial charge on any atom is 0.272 e. The molecule has 1 aliphatic rings. The number of aromatic amines is 1. The quantitative estimate of drug-likeness (QED) is 0.754. The summed E-state index contributed by atoms with van der Waals surface area (Å²) in [5, 5.41) is 13.7. The van der Waals surface area contributed by atoms with Gasteiger partial charge in [0, 0.05) is 37.0 Å². The number of nitrogens with zero attached hydrogens (tertiary/aromatic N) is 6. The molecule has 0 aliphatic carbocycles. The second-order valence-corrected chi connectivity index (χ2v) is 5.62. The van der Waals surface area contributed by atoms with Gasteiger partial charge in [-0.05, 0) is 23.4 Å². The van der Waals surface area contributed by atoms with Crippen molar-refractivity contribution in [3.8, 4) is 17.3 Å². The van der Waals surface area contributed by atoms with E-state index in [2.05, 4.69) is 30.6 Å². The first-order valence-corrected chi connectivity index (χ1v) is 7.86. The third-order valence-electron chi connectivity index (χ3n) is 3.94. The van der Waals surface area contributed by atoms with Gasteiger partial charge in [-0.2, -0.15) is 5.21 Å². The molecule has 126 valence electrons. The van der Waals surface area contributed by atoms with Crippen LogP contribution in [0.2, 0.25) is 0 Å². The van der Waals surface area contributed by atoms with Crippen molar-refractivity contribution in [3.63, 3.8) is 0 Å². The van der Waals surface area contributed by atoms with E-state index in [9.17, 15) is 4.79 Å². The number of carbonyl (C=O) groups excluding carboxylic acids is 1. The van der Waals surface area contributed by atoms with Crippen LogP contribution in [0.3, 0.4) is 0 Å². The standard InChI is InChI=1S/C16H15N7O2/c24-16(13-5-4-11(9-18-13)15-19-21-22-20-15)23-8-6-12(10-23)25-14-3-1-2-7-17-14/h1-5,7,9,12H,6,8,10H2,(H,19,20,21,22). The predicted octanol–water partition coefficient (Wildman–Crippen LogP) is 0.950. The van der Waals surface area contributed by atoms with Crippen LogP contribution >= 0.6 is 0 Å². The molecule has 3 aromatic heterocycles. The Balaban J connectivity index is 1.40. The van der Waals surface area contributed by atoms with Gasteiger partial charge in [-0.25, -0.2) is 4.98 Å². The number of likely N-dealkylation sites (tertiary alicyclic amines) is 1. The van der Waals surface area contributed by atoms with E-state index in [-0.39, 0.29) is 12.0 Å². The normalized spacial score (nSPS) is 16.8. The van der Waals surface area contributed by atoms with Crippen molar-refractivity contribution < 1.29 is 9.53 Å². The molecule has 0 bridgehead atoms. The fourth-order valence-corrected chi connectivity index (χ4v) is 2.70. The van der Waals surface area contributed by atoms with E-state index < -0.39 is 0 Å². The van der Waals surface area contributed by atoms with Crippen molar-refractivity contribution in [2.45, 2.75) is 12.5 Å². The number of pyridine rings is 2. The van der Waals surface area contributed by atoms with Gasteiger partial charge in [0.1, 0.15) is 11.8 Å². The monoisotopic (exact) mass is 337 g/mol. The van der Waals surface area contributed by atoms with Crippen molar-refractivity contribution >= 4 is 5.91 Å². The number of H-pyrrole nitrogens is 1. The maximum absolute atomic E-state index is 12.6. The summed E-state index contributed by atoms with van der Waals surface area (Å²) >= 11 is 0. The molecule has 1 amide bonds. The summed E-state index contributed by atoms with van der Waals surface area (Å²) in [6.07, 6.45) is 3.96. The first kappa shape index (κ1) is 15.2. The molecule has 1 aliphatic heterocycles. The number of hydrogen-bond acceptors (Lipinski definition) is 7. The first-order chi connectivity index (χ1) is 12.3. The Morgan fingerprint density at radius 2 is 2.20 bits per heavy atom. The Kier molecular flexibility index (Phi) is 4.03. The summed E-state index contributed by atoms with van der Waals surface area (Å²) < 4.78 is 5.81. The molecule has 25 heavy (non-hydrogen) atoms. The average molecular weight is 337 g/mol. The number of aromatic nitrogens is 6. The Bertz CT molecular complexity index is 837. The lowest BCUT2D eigenvalue weighted by atomic mass is 10.2. The molecular formula is C16H15N7O2. The molecule has 1 fully saturated rings. The molecule has 9 heteroatoms. The minimum absolute atomic E-state index is 0.0579. The van der Waals surface area contributed by atoms with E-state index in [4.69, 9.17) is 4.74 Å². The fourth-order valence-electron chi connectivity index (χ4n) is 2.70. The predicted molar refractivity (Wildman–Crippen MR) is 86.6 cm³/mol. The van der Waals surface area contributed by atoms with Crippen molar-refractivity contribution in [3.05, 3.63) is 48.4 Å². The number of carbonyl (C=O) groups is 1. The minimum Gasteiger partial charge on any atom is -0.472 e. The smallest absolute Gasteiger partial charge is 0.272 e. The summed E-state index contributed by atoms with van der Waals surface area (Å²) in [4.78, 5) is 22.7. The van der Waals surface area contributed by atoms with Crippen LogP contribution < -0.4 is 4.74 Å². The van der Waals surface area contributed by atoms with Crippen LogP contribution in [0.1, 0.15) is 16.9 Å². The number of amides is 1. The molecule has 1 saturated heterocycles. The van der Waals surface area contributed by atoms with Gasteiger partial charge in [-0.15, -0.1) is 10.2 Å². The van der Waals surface area contributed by atoms with Gasteiger partial charge in [-0.3, -0.25) is 9.78 Å². The van der Waals surface area contributed by atoms with Crippen LogP contribution in [0.25, 0.3) is 11.4 Å². The third kappa shape index (κ3) is 3.30. The highest BCUT2D eigenvalue weighted by Crippen LogP contribution is 2.19. The molecular weight excluding hydrogens is 322 g/mol. The lowest BCUT2D eigenvalue weighted by Crippen LogP contribution is -2.31. The van der Waals surface area contributed by atoms with Crippen LogP contribution in [0.15, 0.2) is 42.7 Å². The molecule has 0 saturated carbocycles. The highest BCUT2D eigenvalue weighted by atomic mass is 16.5. The van der Waals surface area contributed by atoms with Crippen molar-refractivity contribution in [1.82, 2.24) is 35.5 Å². The second kappa shape index (κ2) is 6.63. The molecule has 9 nitrogen and oxygen atoms in total. The molecule has 0 aromatic carbocycles. The topological polar surface area (TPSA) is 110 Å². The largest absolute Gasteiger partial charge is 0.472 e. The highest BCUT2D eigenvalue weighted by Gasteiger charge is 2.29. The van der Waals surface area contributed by atoms with Gasteiger partial charge in [0.05, 0.1) is 6.54 Å². The second-order valence-electron chi connectivity index (χ2n) is 5.62. The zero-order valence-corrected chi connectivity index (χ0v) is 13.2. The van der Waals surface area contributed by atoms with E-state index in [1.807, 2.05) is 18.2 Å². The average Bonchev–Trinajstić information content (AvgIpc) is 3.34. The number of tetrazole rings is 1. The molecule has 0 radical (unpaired) electrons. The molecule has 4 rings (SSSR count). The first-order valence-electron chi connectivity index (χ1n) is 7.86. The summed E-state index contributed by atoms with van der Waals surface area (Å²) in [5.41, 5.74) is 1.08. The lowest BCUT2D eigenvalue weighted by molar-refractivity contribution is 0.0765. The highest BCUT2D eigenvalue weighted by molar-refractivity contribution is 5.92. The van der Waals surface area contributed by atoms with E-state index >= 15 is 0 Å². The number of rotatable bonds is 4. The van der Waals surface area contributed by atoms with E-state index in [1.54, 1.807) is 29.4 Å². The van der Waals surface area contributed by atoms with Gasteiger partial charge < -0.3 is 9.64 Å². The Morgan fingerprint density at radius 3 is 2.92 bits per heavy atom. The molecule has 0 spiro atoms. The van der Waals surface area contributed by atoms with Crippen LogP contribution in [0.4, 0.5) is 0 Å². The molecule has 1 atom stereocenters. The van der Waals surface area contributed by atoms with Crippen LogP contribution in [-0.4, -0.2) is 60.6 Å². The van der Waals surface area contributed by atoms with E-state index in [1.165, 1.54) is 0 Å². The number of ether oxygens (including phenoxy) is 1. The minimum atomic E-state index is -0.119. The summed E-state index contributed by atoms with van der Waals surface area (Å²) in [6.45, 7) is 1.15. The Labute approximate surface area is 143 Å². The number of nitrogens with one attached hydrogen (secondary N) is 1. The molecule has 1 N–H and O–H groups in total. The van der Waals surface area contributed by atoms with Gasteiger partial charge >= 0.3 is 0 Å². The van der Waals surface area contributed by atoms with E-state index in [0.717, 1.165) is 6.42 Å². The van der Waals surface area contributed by atoms with Crippen LogP contribution in [0, 0.1) is 0 Å².